The average molecular weight is 283 g/mol. The van der Waals surface area contributed by atoms with Crippen LogP contribution in [0, 0.1) is 0 Å². The molecule has 0 saturated heterocycles. The molecular weight excluding hydrogens is 268 g/mol. The van der Waals surface area contributed by atoms with Crippen LogP contribution in [0.4, 0.5) is 5.13 Å². The van der Waals surface area contributed by atoms with E-state index in [-0.39, 0.29) is 6.04 Å². The van der Waals surface area contributed by atoms with Crippen LogP contribution in [0.5, 0.6) is 0 Å². The van der Waals surface area contributed by atoms with Gasteiger partial charge >= 0.3 is 0 Å². The van der Waals surface area contributed by atoms with E-state index < -0.39 is 0 Å². The summed E-state index contributed by atoms with van der Waals surface area (Å²) < 4.78 is 4.31. The Labute approximate surface area is 115 Å². The van der Waals surface area contributed by atoms with Gasteiger partial charge in [-0.15, -0.1) is 0 Å². The predicted molar refractivity (Wildman–Crippen MR) is 76.3 cm³/mol. The van der Waals surface area contributed by atoms with E-state index in [1.807, 2.05) is 31.2 Å². The number of hydrogen-bond acceptors (Lipinski definition) is 5. The fraction of sp³-hybridized carbons (Fsp3) is 0.333. The summed E-state index contributed by atoms with van der Waals surface area (Å²) in [5.41, 5.74) is 6.82. The quantitative estimate of drug-likeness (QED) is 0.885. The van der Waals surface area contributed by atoms with Crippen molar-refractivity contribution in [3.63, 3.8) is 0 Å². The first-order valence-corrected chi connectivity index (χ1v) is 6.85. The topological polar surface area (TPSA) is 63.8 Å². The van der Waals surface area contributed by atoms with E-state index in [1.165, 1.54) is 11.5 Å². The molecule has 18 heavy (non-hydrogen) atoms. The van der Waals surface area contributed by atoms with Gasteiger partial charge in [0.25, 0.3) is 0 Å². The summed E-state index contributed by atoms with van der Waals surface area (Å²) in [7, 11) is 0. The molecule has 0 radical (unpaired) electrons. The number of aromatic nitrogens is 2. The molecule has 0 amide bonds. The largest absolute Gasteiger partial charge is 0.359 e. The van der Waals surface area contributed by atoms with Gasteiger partial charge in [-0.25, -0.2) is 4.98 Å². The van der Waals surface area contributed by atoms with Gasteiger partial charge in [0.05, 0.1) is 0 Å². The Bertz CT molecular complexity index is 495. The SMILES string of the molecule is CC(N)CNc1nc(Cc2ccc(Cl)cc2)ns1. The third-order valence-corrected chi connectivity index (χ3v) is 3.28. The van der Waals surface area contributed by atoms with Crippen molar-refractivity contribution in [2.75, 3.05) is 11.9 Å². The van der Waals surface area contributed by atoms with Crippen molar-refractivity contribution < 1.29 is 0 Å². The Hall–Kier alpha value is -1.17. The molecule has 0 aliphatic rings. The molecule has 1 aromatic carbocycles. The van der Waals surface area contributed by atoms with Crippen molar-refractivity contribution in [3.05, 3.63) is 40.7 Å². The average Bonchev–Trinajstić information content (AvgIpc) is 2.77. The first-order chi connectivity index (χ1) is 8.63. The Morgan fingerprint density at radius 3 is 2.78 bits per heavy atom. The monoisotopic (exact) mass is 282 g/mol. The third kappa shape index (κ3) is 3.94. The first kappa shape index (κ1) is 13.3. The minimum Gasteiger partial charge on any atom is -0.359 e. The molecule has 1 unspecified atom stereocenters. The molecule has 96 valence electrons. The van der Waals surface area contributed by atoms with E-state index in [0.717, 1.165) is 21.5 Å². The van der Waals surface area contributed by atoms with E-state index in [9.17, 15) is 0 Å². The highest BCUT2D eigenvalue weighted by molar-refractivity contribution is 7.09. The normalized spacial score (nSPS) is 12.4. The Morgan fingerprint density at radius 1 is 1.39 bits per heavy atom. The molecule has 0 aliphatic heterocycles. The summed E-state index contributed by atoms with van der Waals surface area (Å²) >= 11 is 7.20. The summed E-state index contributed by atoms with van der Waals surface area (Å²) in [5.74, 6) is 0.814. The second-order valence-electron chi connectivity index (χ2n) is 4.18. The molecule has 0 aliphatic carbocycles. The van der Waals surface area contributed by atoms with Crippen molar-refractivity contribution in [1.29, 1.82) is 0 Å². The third-order valence-electron chi connectivity index (χ3n) is 2.32. The van der Waals surface area contributed by atoms with Crippen LogP contribution in [0.15, 0.2) is 24.3 Å². The van der Waals surface area contributed by atoms with Crippen molar-refractivity contribution in [2.45, 2.75) is 19.4 Å². The molecule has 1 heterocycles. The molecule has 2 aromatic rings. The number of nitrogens with zero attached hydrogens (tertiary/aromatic N) is 2. The van der Waals surface area contributed by atoms with Gasteiger partial charge in [0, 0.05) is 35.6 Å². The van der Waals surface area contributed by atoms with Crippen LogP contribution in [-0.4, -0.2) is 21.9 Å². The van der Waals surface area contributed by atoms with Gasteiger partial charge in [0.15, 0.2) is 0 Å². The van der Waals surface area contributed by atoms with E-state index in [4.69, 9.17) is 17.3 Å². The van der Waals surface area contributed by atoms with Crippen LogP contribution in [0.1, 0.15) is 18.3 Å². The molecule has 0 fully saturated rings. The summed E-state index contributed by atoms with van der Waals surface area (Å²) in [5, 5.41) is 4.71. The lowest BCUT2D eigenvalue weighted by molar-refractivity contribution is 0.779. The van der Waals surface area contributed by atoms with Crippen molar-refractivity contribution >= 4 is 28.3 Å². The van der Waals surface area contributed by atoms with Gasteiger partial charge in [0.1, 0.15) is 5.82 Å². The van der Waals surface area contributed by atoms with Crippen molar-refractivity contribution in [2.24, 2.45) is 5.73 Å². The van der Waals surface area contributed by atoms with E-state index in [0.29, 0.717) is 13.0 Å². The number of nitrogens with one attached hydrogen (secondary N) is 1. The zero-order valence-corrected chi connectivity index (χ0v) is 11.6. The Balaban J connectivity index is 1.95. The number of anilines is 1. The van der Waals surface area contributed by atoms with Crippen molar-refractivity contribution in [1.82, 2.24) is 9.36 Å². The number of nitrogens with two attached hydrogens (primary N) is 1. The van der Waals surface area contributed by atoms with Crippen LogP contribution in [-0.2, 0) is 6.42 Å². The van der Waals surface area contributed by atoms with Crippen LogP contribution in [0.25, 0.3) is 0 Å². The molecule has 1 aromatic heterocycles. The maximum absolute atomic E-state index is 5.84. The number of benzene rings is 1. The fourth-order valence-corrected chi connectivity index (χ4v) is 2.15. The highest BCUT2D eigenvalue weighted by Crippen LogP contribution is 2.15. The zero-order valence-electron chi connectivity index (χ0n) is 10.1. The number of hydrogen-bond donors (Lipinski definition) is 2. The molecule has 0 spiro atoms. The summed E-state index contributed by atoms with van der Waals surface area (Å²) in [4.78, 5) is 4.41. The number of rotatable bonds is 5. The maximum atomic E-state index is 5.84. The lowest BCUT2D eigenvalue weighted by atomic mass is 10.1. The van der Waals surface area contributed by atoms with Gasteiger partial charge in [-0.1, -0.05) is 23.7 Å². The van der Waals surface area contributed by atoms with Crippen LogP contribution < -0.4 is 11.1 Å². The minimum absolute atomic E-state index is 0.105. The molecule has 1 atom stereocenters. The first-order valence-electron chi connectivity index (χ1n) is 5.70. The molecule has 2 rings (SSSR count). The molecule has 4 nitrogen and oxygen atoms in total. The highest BCUT2D eigenvalue weighted by Gasteiger charge is 2.05. The molecule has 0 saturated carbocycles. The van der Waals surface area contributed by atoms with E-state index in [2.05, 4.69) is 14.7 Å². The standard InChI is InChI=1S/C12H15ClN4S/c1-8(14)7-15-12-16-11(17-18-12)6-9-2-4-10(13)5-3-9/h2-5,8H,6-7,14H2,1H3,(H,15,16,17). The van der Waals surface area contributed by atoms with E-state index in [1.54, 1.807) is 0 Å². The van der Waals surface area contributed by atoms with Gasteiger partial charge in [-0.3, -0.25) is 0 Å². The van der Waals surface area contributed by atoms with Crippen LogP contribution >= 0.6 is 23.1 Å². The summed E-state index contributed by atoms with van der Waals surface area (Å²) in [6.07, 6.45) is 0.716. The lowest BCUT2D eigenvalue weighted by Crippen LogP contribution is -2.25. The van der Waals surface area contributed by atoms with Crippen LogP contribution in [0.3, 0.4) is 0 Å². The summed E-state index contributed by atoms with van der Waals surface area (Å²) in [6, 6.07) is 7.82. The molecule has 3 N–H and O–H groups in total. The summed E-state index contributed by atoms with van der Waals surface area (Å²) in [6.45, 7) is 2.65. The van der Waals surface area contributed by atoms with Gasteiger partial charge in [-0.2, -0.15) is 4.37 Å². The zero-order chi connectivity index (χ0) is 13.0. The van der Waals surface area contributed by atoms with Gasteiger partial charge in [0.2, 0.25) is 5.13 Å². The smallest absolute Gasteiger partial charge is 0.202 e. The lowest BCUT2D eigenvalue weighted by Gasteiger charge is -2.04. The molecular formula is C12H15ClN4S. The maximum Gasteiger partial charge on any atom is 0.202 e. The van der Waals surface area contributed by atoms with E-state index >= 15 is 0 Å². The fourth-order valence-electron chi connectivity index (χ4n) is 1.43. The van der Waals surface area contributed by atoms with Gasteiger partial charge in [-0.05, 0) is 24.6 Å². The predicted octanol–water partition coefficient (Wildman–Crippen LogP) is 2.54. The molecule has 0 bridgehead atoms. The number of halogens is 1. The second-order valence-corrected chi connectivity index (χ2v) is 5.37. The van der Waals surface area contributed by atoms with Crippen LogP contribution in [0.2, 0.25) is 5.02 Å². The Kier molecular flexibility index (Phi) is 4.52. The van der Waals surface area contributed by atoms with Crippen molar-refractivity contribution in [3.8, 4) is 0 Å². The molecule has 6 heteroatoms. The highest BCUT2D eigenvalue weighted by atomic mass is 35.5. The van der Waals surface area contributed by atoms with Gasteiger partial charge < -0.3 is 11.1 Å². The Morgan fingerprint density at radius 2 is 2.11 bits per heavy atom. The minimum atomic E-state index is 0.105. The second kappa shape index (κ2) is 6.13.